The normalized spacial score (nSPS) is 47.9. The van der Waals surface area contributed by atoms with Crippen molar-refractivity contribution in [3.63, 3.8) is 0 Å². The first kappa shape index (κ1) is 12.0. The molecule has 0 aromatic carbocycles. The van der Waals surface area contributed by atoms with Crippen LogP contribution in [0.5, 0.6) is 0 Å². The number of allylic oxidation sites excluding steroid dienone is 1. The van der Waals surface area contributed by atoms with Crippen LogP contribution in [0, 0.1) is 0 Å². The Morgan fingerprint density at radius 1 is 1.56 bits per heavy atom. The topological polar surface area (TPSA) is 110 Å². The molecule has 5 atom stereocenters. The van der Waals surface area contributed by atoms with Gasteiger partial charge in [-0.05, 0) is 19.9 Å². The van der Waals surface area contributed by atoms with Gasteiger partial charge in [0.2, 0.25) is 5.79 Å². The number of rotatable bonds is 3. The summed E-state index contributed by atoms with van der Waals surface area (Å²) in [7, 11) is 0. The summed E-state index contributed by atoms with van der Waals surface area (Å²) in [4.78, 5) is 0. The smallest absolute Gasteiger partial charge is 0.217 e. The maximum absolute atomic E-state index is 10.1. The summed E-state index contributed by atoms with van der Waals surface area (Å²) in [6.45, 7) is 1.86. The van der Waals surface area contributed by atoms with E-state index in [1.54, 1.807) is 0 Å². The van der Waals surface area contributed by atoms with Gasteiger partial charge in [-0.15, -0.1) is 0 Å². The molecule has 0 bridgehead atoms. The highest BCUT2D eigenvalue weighted by Gasteiger charge is 2.62. The van der Waals surface area contributed by atoms with Gasteiger partial charge in [0.1, 0.15) is 23.9 Å². The first-order chi connectivity index (χ1) is 7.72. The van der Waals surface area contributed by atoms with Gasteiger partial charge in [0.15, 0.2) is 0 Å². The van der Waals surface area contributed by atoms with Crippen molar-refractivity contribution in [1.82, 2.24) is 0 Å². The molecule has 1 saturated heterocycles. The Morgan fingerprint density at radius 2 is 2.12 bits per heavy atom. The second-order valence-electron chi connectivity index (χ2n) is 4.00. The van der Waals surface area contributed by atoms with E-state index in [4.69, 9.17) is 11.2 Å². The molecule has 1 aliphatic heterocycles. The van der Waals surface area contributed by atoms with Crippen molar-refractivity contribution in [2.24, 2.45) is 0 Å². The third kappa shape index (κ3) is 1.88. The SMILES string of the molecule is [2H]C(=CC)C1(O)O[C@H]([C@H](O)CO)[C@H](O)[C@@]1(C)O. The van der Waals surface area contributed by atoms with Crippen LogP contribution in [0.25, 0.3) is 0 Å². The molecule has 0 aromatic heterocycles. The maximum Gasteiger partial charge on any atom is 0.217 e. The summed E-state index contributed by atoms with van der Waals surface area (Å²) in [5, 5.41) is 48.1. The molecule has 1 unspecified atom stereocenters. The zero-order valence-corrected chi connectivity index (χ0v) is 9.16. The van der Waals surface area contributed by atoms with E-state index in [2.05, 4.69) is 0 Å². The molecule has 6 nitrogen and oxygen atoms in total. The Hall–Kier alpha value is -0.500. The molecular formula is C10H18O6. The van der Waals surface area contributed by atoms with E-state index in [-0.39, 0.29) is 0 Å². The number of aliphatic hydroxyl groups is 5. The average molecular weight is 235 g/mol. The molecule has 5 N–H and O–H groups in total. The largest absolute Gasteiger partial charge is 0.394 e. The monoisotopic (exact) mass is 235 g/mol. The highest BCUT2D eigenvalue weighted by Crippen LogP contribution is 2.40. The Bertz CT molecular complexity index is 318. The van der Waals surface area contributed by atoms with E-state index in [0.717, 1.165) is 6.92 Å². The van der Waals surface area contributed by atoms with Crippen molar-refractivity contribution in [1.29, 1.82) is 0 Å². The van der Waals surface area contributed by atoms with Gasteiger partial charge >= 0.3 is 0 Å². The van der Waals surface area contributed by atoms with Crippen molar-refractivity contribution in [2.75, 3.05) is 6.61 Å². The predicted molar refractivity (Wildman–Crippen MR) is 54.4 cm³/mol. The molecule has 0 saturated carbocycles. The molecule has 6 heteroatoms. The zero-order valence-electron chi connectivity index (χ0n) is 10.2. The van der Waals surface area contributed by atoms with Crippen LogP contribution in [0.2, 0.25) is 0 Å². The second-order valence-corrected chi connectivity index (χ2v) is 4.00. The lowest BCUT2D eigenvalue weighted by Gasteiger charge is -2.31. The van der Waals surface area contributed by atoms with Gasteiger partial charge in [-0.2, -0.15) is 0 Å². The highest BCUT2D eigenvalue weighted by molar-refractivity contribution is 5.15. The third-order valence-electron chi connectivity index (χ3n) is 2.79. The van der Waals surface area contributed by atoms with Gasteiger partial charge in [0.05, 0.1) is 7.98 Å². The van der Waals surface area contributed by atoms with Gasteiger partial charge in [-0.3, -0.25) is 0 Å². The lowest BCUT2D eigenvalue weighted by atomic mass is 9.88. The van der Waals surface area contributed by atoms with Crippen LogP contribution in [0.4, 0.5) is 0 Å². The van der Waals surface area contributed by atoms with E-state index in [9.17, 15) is 20.4 Å². The molecule has 0 aliphatic carbocycles. The Balaban J connectivity index is 3.12. The summed E-state index contributed by atoms with van der Waals surface area (Å²) in [5.74, 6) is -2.41. The van der Waals surface area contributed by atoms with Gasteiger partial charge in [-0.1, -0.05) is 6.08 Å². The van der Waals surface area contributed by atoms with Crippen molar-refractivity contribution in [2.45, 2.75) is 43.5 Å². The zero-order chi connectivity index (χ0) is 13.4. The molecular weight excluding hydrogens is 216 g/mol. The van der Waals surface area contributed by atoms with E-state index < -0.39 is 42.4 Å². The third-order valence-corrected chi connectivity index (χ3v) is 2.79. The number of hydrogen-bond donors (Lipinski definition) is 5. The number of aliphatic hydroxyl groups excluding tert-OH is 3. The molecule has 1 aliphatic rings. The fourth-order valence-electron chi connectivity index (χ4n) is 1.67. The van der Waals surface area contributed by atoms with Crippen LogP contribution in [0.1, 0.15) is 15.2 Å². The molecule has 0 aromatic rings. The van der Waals surface area contributed by atoms with Gasteiger partial charge in [0.25, 0.3) is 0 Å². The summed E-state index contributed by atoms with van der Waals surface area (Å²) < 4.78 is 12.5. The Morgan fingerprint density at radius 3 is 2.56 bits per heavy atom. The van der Waals surface area contributed by atoms with E-state index in [1.807, 2.05) is 0 Å². The minimum atomic E-state index is -2.41. The van der Waals surface area contributed by atoms with E-state index >= 15 is 0 Å². The number of hydrogen-bond acceptors (Lipinski definition) is 6. The lowest BCUT2D eigenvalue weighted by molar-refractivity contribution is -0.235. The predicted octanol–water partition coefficient (Wildman–Crippen LogP) is -1.89. The summed E-state index contributed by atoms with van der Waals surface area (Å²) in [6.07, 6.45) is -3.26. The van der Waals surface area contributed by atoms with Gasteiger partial charge in [-0.25, -0.2) is 0 Å². The molecule has 16 heavy (non-hydrogen) atoms. The first-order valence-electron chi connectivity index (χ1n) is 5.45. The summed E-state index contributed by atoms with van der Waals surface area (Å²) in [6, 6.07) is -0.436. The van der Waals surface area contributed by atoms with Crippen molar-refractivity contribution in [3.8, 4) is 0 Å². The molecule has 0 radical (unpaired) electrons. The standard InChI is InChI=1S/C10H18O6/c1-3-4-10(15)9(2,14)8(13)7(16-10)6(12)5-11/h3-4,6-8,11-15H,5H2,1-2H3/t6-,7-,8+,9-,10?/m1/s1/i4D. The van der Waals surface area contributed by atoms with Crippen LogP contribution in [-0.4, -0.2) is 61.8 Å². The van der Waals surface area contributed by atoms with Crippen molar-refractivity contribution < 1.29 is 31.6 Å². The van der Waals surface area contributed by atoms with Crippen molar-refractivity contribution >= 4 is 0 Å². The molecule has 1 fully saturated rings. The average Bonchev–Trinajstić information content (AvgIpc) is 2.49. The van der Waals surface area contributed by atoms with Crippen LogP contribution in [0.15, 0.2) is 12.1 Å². The van der Waals surface area contributed by atoms with Crippen molar-refractivity contribution in [3.05, 3.63) is 12.1 Å². The highest BCUT2D eigenvalue weighted by atomic mass is 16.7. The fraction of sp³-hybridized carbons (Fsp3) is 0.800. The van der Waals surface area contributed by atoms with Gasteiger partial charge in [0, 0.05) is 0 Å². The first-order valence-corrected chi connectivity index (χ1v) is 4.95. The van der Waals surface area contributed by atoms with Crippen LogP contribution < -0.4 is 0 Å². The van der Waals surface area contributed by atoms with E-state index in [1.165, 1.54) is 13.0 Å². The fourth-order valence-corrected chi connectivity index (χ4v) is 1.67. The molecule has 94 valence electrons. The Labute approximate surface area is 94.8 Å². The number of ether oxygens (including phenoxy) is 1. The second kappa shape index (κ2) is 4.40. The minimum absolute atomic E-state index is 0.436. The van der Waals surface area contributed by atoms with E-state index in [0.29, 0.717) is 0 Å². The lowest BCUT2D eigenvalue weighted by Crippen LogP contribution is -2.53. The Kier molecular flexibility index (Phi) is 3.29. The van der Waals surface area contributed by atoms with Crippen LogP contribution in [0.3, 0.4) is 0 Å². The van der Waals surface area contributed by atoms with Crippen LogP contribution >= 0.6 is 0 Å². The van der Waals surface area contributed by atoms with Crippen LogP contribution in [-0.2, 0) is 4.74 Å². The summed E-state index contributed by atoms with van der Waals surface area (Å²) in [5.41, 5.74) is -2.16. The molecule has 1 rings (SSSR count). The molecule has 0 amide bonds. The minimum Gasteiger partial charge on any atom is -0.394 e. The summed E-state index contributed by atoms with van der Waals surface area (Å²) >= 11 is 0. The van der Waals surface area contributed by atoms with Gasteiger partial charge < -0.3 is 30.3 Å². The quantitative estimate of drug-likeness (QED) is 0.366. The molecule has 0 spiro atoms. The maximum atomic E-state index is 10.1. The molecule has 1 heterocycles.